The van der Waals surface area contributed by atoms with Gasteiger partial charge in [-0.3, -0.25) is 0 Å². The second-order valence-electron chi connectivity index (χ2n) is 4.12. The van der Waals surface area contributed by atoms with Crippen molar-refractivity contribution in [1.82, 2.24) is 0 Å². The fourth-order valence-electron chi connectivity index (χ4n) is 1.76. The van der Waals surface area contributed by atoms with Gasteiger partial charge in [-0.25, -0.2) is 4.39 Å². The fraction of sp³-hybridized carbons (Fsp3) is 0.200. The Morgan fingerprint density at radius 2 is 1.72 bits per heavy atom. The van der Waals surface area contributed by atoms with Crippen molar-refractivity contribution in [2.45, 2.75) is 13.0 Å². The Morgan fingerprint density at radius 1 is 1.00 bits per heavy atom. The molecule has 0 saturated carbocycles. The average molecular weight is 245 g/mol. The van der Waals surface area contributed by atoms with Gasteiger partial charge in [0.1, 0.15) is 5.82 Å². The van der Waals surface area contributed by atoms with E-state index in [1.807, 2.05) is 30.3 Å². The number of halogens is 1. The van der Waals surface area contributed by atoms with Crippen molar-refractivity contribution in [1.29, 1.82) is 0 Å². The lowest BCUT2D eigenvalue weighted by atomic mass is 10.1. The minimum atomic E-state index is -0.193. The second-order valence-corrected chi connectivity index (χ2v) is 4.12. The van der Waals surface area contributed by atoms with Gasteiger partial charge in [0.15, 0.2) is 0 Å². The molecule has 0 bridgehead atoms. The summed E-state index contributed by atoms with van der Waals surface area (Å²) < 4.78 is 13.4. The molecule has 0 radical (unpaired) electrons. The lowest BCUT2D eigenvalue weighted by Crippen LogP contribution is -2.01. The Morgan fingerprint density at radius 3 is 2.39 bits per heavy atom. The van der Waals surface area contributed by atoms with Crippen molar-refractivity contribution in [3.8, 4) is 0 Å². The number of rotatable bonds is 5. The maximum atomic E-state index is 13.4. The number of anilines is 1. The van der Waals surface area contributed by atoms with Crippen LogP contribution in [0.3, 0.4) is 0 Å². The molecular formula is C15H16FNO. The van der Waals surface area contributed by atoms with Gasteiger partial charge in [-0.1, -0.05) is 30.3 Å². The molecule has 0 saturated heterocycles. The Bertz CT molecular complexity index is 496. The number of nitrogens with one attached hydrogen (secondary N) is 1. The summed E-state index contributed by atoms with van der Waals surface area (Å²) >= 11 is 0. The molecule has 0 aliphatic rings. The summed E-state index contributed by atoms with van der Waals surface area (Å²) in [4.78, 5) is 0. The first kappa shape index (κ1) is 12.6. The van der Waals surface area contributed by atoms with Crippen LogP contribution in [0, 0.1) is 5.82 Å². The monoisotopic (exact) mass is 245 g/mol. The average Bonchev–Trinajstić information content (AvgIpc) is 2.40. The normalized spacial score (nSPS) is 10.3. The molecule has 0 aliphatic carbocycles. The summed E-state index contributed by atoms with van der Waals surface area (Å²) in [5, 5.41) is 12.0. The first-order valence-electron chi connectivity index (χ1n) is 5.96. The van der Waals surface area contributed by atoms with Crippen molar-refractivity contribution in [3.05, 3.63) is 65.5 Å². The highest BCUT2D eigenvalue weighted by Crippen LogP contribution is 2.13. The molecule has 2 aromatic rings. The van der Waals surface area contributed by atoms with Gasteiger partial charge in [-0.2, -0.15) is 0 Å². The van der Waals surface area contributed by atoms with Crippen molar-refractivity contribution in [3.63, 3.8) is 0 Å². The van der Waals surface area contributed by atoms with Crippen molar-refractivity contribution in [2.75, 3.05) is 11.9 Å². The Kier molecular flexibility index (Phi) is 4.31. The topological polar surface area (TPSA) is 32.3 Å². The van der Waals surface area contributed by atoms with Gasteiger partial charge in [-0.15, -0.1) is 0 Å². The van der Waals surface area contributed by atoms with E-state index in [2.05, 4.69) is 5.32 Å². The highest BCUT2D eigenvalue weighted by atomic mass is 19.1. The molecule has 0 unspecified atom stereocenters. The minimum absolute atomic E-state index is 0.155. The SMILES string of the molecule is OCCc1ccc(NCc2ccccc2F)cc1. The van der Waals surface area contributed by atoms with E-state index in [1.165, 1.54) is 6.07 Å². The van der Waals surface area contributed by atoms with Gasteiger partial charge in [0.2, 0.25) is 0 Å². The number of hydrogen-bond acceptors (Lipinski definition) is 2. The zero-order valence-electron chi connectivity index (χ0n) is 10.1. The second kappa shape index (κ2) is 6.17. The molecule has 0 atom stereocenters. The van der Waals surface area contributed by atoms with Crippen LogP contribution in [0.2, 0.25) is 0 Å². The lowest BCUT2D eigenvalue weighted by Gasteiger charge is -2.08. The van der Waals surface area contributed by atoms with Gasteiger partial charge >= 0.3 is 0 Å². The first-order valence-corrected chi connectivity index (χ1v) is 5.96. The smallest absolute Gasteiger partial charge is 0.128 e. The van der Waals surface area contributed by atoms with Crippen LogP contribution in [0.25, 0.3) is 0 Å². The summed E-state index contributed by atoms with van der Waals surface area (Å²) in [6, 6.07) is 14.5. The molecule has 2 aromatic carbocycles. The lowest BCUT2D eigenvalue weighted by molar-refractivity contribution is 0.299. The van der Waals surface area contributed by atoms with E-state index in [4.69, 9.17) is 5.11 Å². The molecular weight excluding hydrogens is 229 g/mol. The van der Waals surface area contributed by atoms with Gasteiger partial charge in [0.25, 0.3) is 0 Å². The summed E-state index contributed by atoms with van der Waals surface area (Å²) in [5.74, 6) is -0.193. The zero-order chi connectivity index (χ0) is 12.8. The molecule has 0 heterocycles. The molecule has 0 fully saturated rings. The standard InChI is InChI=1S/C15H16FNO/c16-15-4-2-1-3-13(15)11-17-14-7-5-12(6-8-14)9-10-18/h1-8,17-18H,9-11H2. The molecule has 0 aliphatic heterocycles. The number of aliphatic hydroxyl groups excluding tert-OH is 1. The molecule has 0 aromatic heterocycles. The third-order valence-corrected chi connectivity index (χ3v) is 2.80. The van der Waals surface area contributed by atoms with E-state index in [0.29, 0.717) is 18.5 Å². The molecule has 2 rings (SSSR count). The van der Waals surface area contributed by atoms with Gasteiger partial charge in [0.05, 0.1) is 0 Å². The minimum Gasteiger partial charge on any atom is -0.396 e. The molecule has 2 nitrogen and oxygen atoms in total. The van der Waals surface area contributed by atoms with E-state index >= 15 is 0 Å². The van der Waals surface area contributed by atoms with Crippen molar-refractivity contribution in [2.24, 2.45) is 0 Å². The van der Waals surface area contributed by atoms with Crippen LogP contribution < -0.4 is 5.32 Å². The highest BCUT2D eigenvalue weighted by Gasteiger charge is 2.00. The third-order valence-electron chi connectivity index (χ3n) is 2.80. The number of hydrogen-bond donors (Lipinski definition) is 2. The zero-order valence-corrected chi connectivity index (χ0v) is 10.1. The number of benzene rings is 2. The van der Waals surface area contributed by atoms with E-state index in [1.54, 1.807) is 12.1 Å². The van der Waals surface area contributed by atoms with Crippen LogP contribution in [0.5, 0.6) is 0 Å². The fourth-order valence-corrected chi connectivity index (χ4v) is 1.76. The van der Waals surface area contributed by atoms with Crippen molar-refractivity contribution < 1.29 is 9.50 Å². The van der Waals surface area contributed by atoms with E-state index in [-0.39, 0.29) is 12.4 Å². The van der Waals surface area contributed by atoms with Crippen LogP contribution in [0.15, 0.2) is 48.5 Å². The molecule has 0 amide bonds. The van der Waals surface area contributed by atoms with Crippen LogP contribution in [-0.4, -0.2) is 11.7 Å². The van der Waals surface area contributed by atoms with Gasteiger partial charge < -0.3 is 10.4 Å². The van der Waals surface area contributed by atoms with E-state index in [9.17, 15) is 4.39 Å². The molecule has 94 valence electrons. The summed E-state index contributed by atoms with van der Waals surface area (Å²) in [6.07, 6.45) is 0.660. The molecule has 18 heavy (non-hydrogen) atoms. The first-order chi connectivity index (χ1) is 8.79. The van der Waals surface area contributed by atoms with Crippen LogP contribution in [0.1, 0.15) is 11.1 Å². The van der Waals surface area contributed by atoms with Gasteiger partial charge in [0, 0.05) is 24.4 Å². The predicted octanol–water partition coefficient (Wildman–Crippen LogP) is 2.97. The van der Waals surface area contributed by atoms with E-state index < -0.39 is 0 Å². The summed E-state index contributed by atoms with van der Waals surface area (Å²) in [5.41, 5.74) is 2.69. The Labute approximate surface area is 106 Å². The third kappa shape index (κ3) is 3.31. The maximum absolute atomic E-state index is 13.4. The van der Waals surface area contributed by atoms with Gasteiger partial charge in [-0.05, 0) is 30.2 Å². The predicted molar refractivity (Wildman–Crippen MR) is 71.0 cm³/mol. The molecule has 0 spiro atoms. The largest absolute Gasteiger partial charge is 0.396 e. The molecule has 2 N–H and O–H groups in total. The summed E-state index contributed by atoms with van der Waals surface area (Å²) in [7, 11) is 0. The highest BCUT2D eigenvalue weighted by molar-refractivity contribution is 5.45. The maximum Gasteiger partial charge on any atom is 0.128 e. The van der Waals surface area contributed by atoms with Crippen LogP contribution in [0.4, 0.5) is 10.1 Å². The van der Waals surface area contributed by atoms with E-state index in [0.717, 1.165) is 11.3 Å². The quantitative estimate of drug-likeness (QED) is 0.848. The number of aliphatic hydroxyl groups is 1. The van der Waals surface area contributed by atoms with Crippen LogP contribution >= 0.6 is 0 Å². The Balaban J connectivity index is 1.96. The molecule has 3 heteroatoms. The van der Waals surface area contributed by atoms with Crippen LogP contribution in [-0.2, 0) is 13.0 Å². The Hall–Kier alpha value is -1.87. The van der Waals surface area contributed by atoms with Crippen molar-refractivity contribution >= 4 is 5.69 Å². The summed E-state index contributed by atoms with van der Waals surface area (Å²) in [6.45, 7) is 0.619.